The lowest BCUT2D eigenvalue weighted by atomic mass is 10.1. The van der Waals surface area contributed by atoms with Gasteiger partial charge in [0.2, 0.25) is 0 Å². The number of ether oxygens (including phenoxy) is 1. The van der Waals surface area contributed by atoms with Crippen LogP contribution in [0.5, 0.6) is 5.75 Å². The summed E-state index contributed by atoms with van der Waals surface area (Å²) in [7, 11) is 1.65. The molecule has 5 nitrogen and oxygen atoms in total. The highest BCUT2D eigenvalue weighted by atomic mass is 16.5. The molecule has 0 radical (unpaired) electrons. The van der Waals surface area contributed by atoms with Gasteiger partial charge in [0.15, 0.2) is 0 Å². The smallest absolute Gasteiger partial charge is 0.146 e. The Kier molecular flexibility index (Phi) is 3.84. The van der Waals surface area contributed by atoms with Crippen molar-refractivity contribution >= 4 is 0 Å². The summed E-state index contributed by atoms with van der Waals surface area (Å²) >= 11 is 0. The Labute approximate surface area is 106 Å². The Morgan fingerprint density at radius 1 is 1.06 bits per heavy atom. The van der Waals surface area contributed by atoms with E-state index in [1.807, 2.05) is 31.2 Å². The topological polar surface area (TPSA) is 73.9 Å². The molecule has 0 spiro atoms. The second kappa shape index (κ2) is 5.55. The van der Waals surface area contributed by atoms with Gasteiger partial charge < -0.3 is 10.5 Å². The van der Waals surface area contributed by atoms with Gasteiger partial charge in [0, 0.05) is 6.42 Å². The molecule has 0 saturated heterocycles. The summed E-state index contributed by atoms with van der Waals surface area (Å²) in [5.74, 6) is 2.92. The zero-order valence-electron chi connectivity index (χ0n) is 10.6. The molecule has 0 saturated carbocycles. The second-order valence-electron chi connectivity index (χ2n) is 3.94. The SMILES string of the molecule is COc1ccc(Cc2nc(C)nc(CN)n2)cc1. The maximum atomic E-state index is 5.55. The van der Waals surface area contributed by atoms with Gasteiger partial charge in [-0.25, -0.2) is 15.0 Å². The molecule has 1 aromatic carbocycles. The third kappa shape index (κ3) is 3.01. The predicted molar refractivity (Wildman–Crippen MR) is 68.3 cm³/mol. The summed E-state index contributed by atoms with van der Waals surface area (Å²) in [5, 5.41) is 0. The lowest BCUT2D eigenvalue weighted by Crippen LogP contribution is -2.09. The Morgan fingerprint density at radius 2 is 1.72 bits per heavy atom. The van der Waals surface area contributed by atoms with Gasteiger partial charge in [-0.2, -0.15) is 0 Å². The number of nitrogens with zero attached hydrogens (tertiary/aromatic N) is 3. The molecule has 2 aromatic rings. The zero-order chi connectivity index (χ0) is 13.0. The summed E-state index contributed by atoms with van der Waals surface area (Å²) in [5.41, 5.74) is 6.68. The summed E-state index contributed by atoms with van der Waals surface area (Å²) < 4.78 is 5.12. The maximum Gasteiger partial charge on any atom is 0.146 e. The molecule has 94 valence electrons. The first-order valence-corrected chi connectivity index (χ1v) is 5.74. The van der Waals surface area contributed by atoms with Gasteiger partial charge in [0.25, 0.3) is 0 Å². The van der Waals surface area contributed by atoms with Crippen LogP contribution in [0.2, 0.25) is 0 Å². The van der Waals surface area contributed by atoms with Gasteiger partial charge in [-0.15, -0.1) is 0 Å². The van der Waals surface area contributed by atoms with Crippen LogP contribution >= 0.6 is 0 Å². The normalized spacial score (nSPS) is 10.4. The quantitative estimate of drug-likeness (QED) is 0.875. The third-order valence-electron chi connectivity index (χ3n) is 2.54. The van der Waals surface area contributed by atoms with Crippen molar-refractivity contribution in [2.75, 3.05) is 7.11 Å². The van der Waals surface area contributed by atoms with Crippen LogP contribution in [0, 0.1) is 6.92 Å². The molecule has 0 bridgehead atoms. The van der Waals surface area contributed by atoms with E-state index >= 15 is 0 Å². The van der Waals surface area contributed by atoms with Crippen molar-refractivity contribution in [2.45, 2.75) is 19.9 Å². The highest BCUT2D eigenvalue weighted by molar-refractivity contribution is 5.28. The first kappa shape index (κ1) is 12.4. The van der Waals surface area contributed by atoms with Gasteiger partial charge >= 0.3 is 0 Å². The molecular formula is C13H16N4O. The van der Waals surface area contributed by atoms with Gasteiger partial charge in [0.05, 0.1) is 13.7 Å². The molecule has 1 aromatic heterocycles. The predicted octanol–water partition coefficient (Wildman–Crippen LogP) is 1.24. The molecule has 0 atom stereocenters. The maximum absolute atomic E-state index is 5.55. The standard InChI is InChI=1S/C13H16N4O/c1-9-15-12(17-13(8-14)16-9)7-10-3-5-11(18-2)6-4-10/h3-6H,7-8,14H2,1-2H3. The van der Waals surface area contributed by atoms with Crippen LogP contribution in [0.15, 0.2) is 24.3 Å². The molecule has 5 heteroatoms. The van der Waals surface area contributed by atoms with E-state index in [1.165, 1.54) is 0 Å². The van der Waals surface area contributed by atoms with E-state index in [4.69, 9.17) is 10.5 Å². The molecule has 0 fully saturated rings. The lowest BCUT2D eigenvalue weighted by molar-refractivity contribution is 0.414. The van der Waals surface area contributed by atoms with Crippen molar-refractivity contribution in [1.29, 1.82) is 0 Å². The minimum Gasteiger partial charge on any atom is -0.497 e. The van der Waals surface area contributed by atoms with Gasteiger partial charge in [-0.05, 0) is 24.6 Å². The Hall–Kier alpha value is -2.01. The van der Waals surface area contributed by atoms with Crippen molar-refractivity contribution in [1.82, 2.24) is 15.0 Å². The number of aryl methyl sites for hydroxylation is 1. The van der Waals surface area contributed by atoms with E-state index in [1.54, 1.807) is 7.11 Å². The van der Waals surface area contributed by atoms with Crippen LogP contribution in [0.1, 0.15) is 23.0 Å². The van der Waals surface area contributed by atoms with E-state index in [0.717, 1.165) is 17.1 Å². The first-order chi connectivity index (χ1) is 8.71. The summed E-state index contributed by atoms with van der Waals surface area (Å²) in [4.78, 5) is 12.8. The van der Waals surface area contributed by atoms with E-state index in [0.29, 0.717) is 24.6 Å². The molecule has 1 heterocycles. The molecule has 2 rings (SSSR count). The molecule has 0 aliphatic heterocycles. The van der Waals surface area contributed by atoms with Crippen LogP contribution in [0.4, 0.5) is 0 Å². The summed E-state index contributed by atoms with van der Waals surface area (Å²) in [6.07, 6.45) is 0.667. The highest BCUT2D eigenvalue weighted by Crippen LogP contribution is 2.13. The van der Waals surface area contributed by atoms with Gasteiger partial charge in [0.1, 0.15) is 23.2 Å². The number of benzene rings is 1. The molecule has 2 N–H and O–H groups in total. The summed E-state index contributed by atoms with van der Waals surface area (Å²) in [6, 6.07) is 7.85. The lowest BCUT2D eigenvalue weighted by Gasteiger charge is -2.05. The van der Waals surface area contributed by atoms with Crippen LogP contribution in [-0.4, -0.2) is 22.1 Å². The average Bonchev–Trinajstić information content (AvgIpc) is 2.39. The Bertz CT molecular complexity index is 525. The number of nitrogens with two attached hydrogens (primary N) is 1. The van der Waals surface area contributed by atoms with Crippen molar-refractivity contribution < 1.29 is 4.74 Å². The Balaban J connectivity index is 2.19. The minimum atomic E-state index is 0.332. The fourth-order valence-electron chi connectivity index (χ4n) is 1.69. The molecule has 0 aliphatic carbocycles. The number of methoxy groups -OCH3 is 1. The highest BCUT2D eigenvalue weighted by Gasteiger charge is 2.04. The van der Waals surface area contributed by atoms with E-state index in [2.05, 4.69) is 15.0 Å². The third-order valence-corrected chi connectivity index (χ3v) is 2.54. The van der Waals surface area contributed by atoms with E-state index < -0.39 is 0 Å². The second-order valence-corrected chi connectivity index (χ2v) is 3.94. The molecule has 0 aliphatic rings. The van der Waals surface area contributed by atoms with Crippen molar-refractivity contribution in [3.05, 3.63) is 47.3 Å². The summed E-state index contributed by atoms with van der Waals surface area (Å²) in [6.45, 7) is 2.18. The molecule has 18 heavy (non-hydrogen) atoms. The number of hydrogen-bond donors (Lipinski definition) is 1. The zero-order valence-corrected chi connectivity index (χ0v) is 10.6. The van der Waals surface area contributed by atoms with Crippen LogP contribution in [0.25, 0.3) is 0 Å². The minimum absolute atomic E-state index is 0.332. The van der Waals surface area contributed by atoms with Gasteiger partial charge in [-0.3, -0.25) is 0 Å². The van der Waals surface area contributed by atoms with Crippen molar-refractivity contribution in [3.63, 3.8) is 0 Å². The largest absolute Gasteiger partial charge is 0.497 e. The van der Waals surface area contributed by atoms with Crippen LogP contribution < -0.4 is 10.5 Å². The molecule has 0 amide bonds. The van der Waals surface area contributed by atoms with Crippen molar-refractivity contribution in [3.8, 4) is 5.75 Å². The number of aromatic nitrogens is 3. The first-order valence-electron chi connectivity index (χ1n) is 5.74. The monoisotopic (exact) mass is 244 g/mol. The number of rotatable bonds is 4. The van der Waals surface area contributed by atoms with E-state index in [9.17, 15) is 0 Å². The van der Waals surface area contributed by atoms with Crippen molar-refractivity contribution in [2.24, 2.45) is 5.73 Å². The Morgan fingerprint density at radius 3 is 2.33 bits per heavy atom. The molecular weight excluding hydrogens is 228 g/mol. The number of hydrogen-bond acceptors (Lipinski definition) is 5. The average molecular weight is 244 g/mol. The fraction of sp³-hybridized carbons (Fsp3) is 0.308. The fourth-order valence-corrected chi connectivity index (χ4v) is 1.69. The van der Waals surface area contributed by atoms with Crippen LogP contribution in [0.3, 0.4) is 0 Å². The van der Waals surface area contributed by atoms with Crippen LogP contribution in [-0.2, 0) is 13.0 Å². The van der Waals surface area contributed by atoms with E-state index in [-0.39, 0.29) is 0 Å². The molecule has 0 unspecified atom stereocenters. The van der Waals surface area contributed by atoms with Gasteiger partial charge in [-0.1, -0.05) is 12.1 Å².